The standard InChI is InChI=1S/C7H10F4N4/c8-5(9)3-15-6(7(10)11)4(1-2-12)13-14-15/h5,7H,1-3,12H2. The molecule has 4 nitrogen and oxygen atoms in total. The van der Waals surface area contributed by atoms with Gasteiger partial charge in [-0.25, -0.2) is 22.2 Å². The molecule has 0 saturated carbocycles. The van der Waals surface area contributed by atoms with Gasteiger partial charge in [0.05, 0.1) is 5.69 Å². The normalized spacial score (nSPS) is 11.7. The van der Waals surface area contributed by atoms with E-state index < -0.39 is 25.1 Å². The Kier molecular flexibility index (Phi) is 4.01. The lowest BCUT2D eigenvalue weighted by atomic mass is 10.2. The van der Waals surface area contributed by atoms with E-state index in [0.717, 1.165) is 0 Å². The number of nitrogens with zero attached hydrogens (tertiary/aromatic N) is 3. The van der Waals surface area contributed by atoms with Gasteiger partial charge < -0.3 is 5.73 Å². The van der Waals surface area contributed by atoms with Crippen molar-refractivity contribution in [3.63, 3.8) is 0 Å². The lowest BCUT2D eigenvalue weighted by molar-refractivity contribution is 0.102. The van der Waals surface area contributed by atoms with Crippen LogP contribution in [-0.2, 0) is 13.0 Å². The smallest absolute Gasteiger partial charge is 0.281 e. The fourth-order valence-electron chi connectivity index (χ4n) is 1.18. The number of hydrogen-bond donors (Lipinski definition) is 1. The summed E-state index contributed by atoms with van der Waals surface area (Å²) in [6, 6.07) is 0. The molecule has 0 aliphatic carbocycles. The Hall–Kier alpha value is -1.18. The molecule has 15 heavy (non-hydrogen) atoms. The van der Waals surface area contributed by atoms with Gasteiger partial charge in [0.1, 0.15) is 12.2 Å². The first-order chi connectivity index (χ1) is 7.06. The van der Waals surface area contributed by atoms with Crippen LogP contribution in [0.4, 0.5) is 17.6 Å². The highest BCUT2D eigenvalue weighted by molar-refractivity contribution is 5.12. The van der Waals surface area contributed by atoms with Gasteiger partial charge in [0.2, 0.25) is 0 Å². The molecule has 0 aliphatic heterocycles. The van der Waals surface area contributed by atoms with Crippen molar-refractivity contribution in [1.82, 2.24) is 15.0 Å². The van der Waals surface area contributed by atoms with Gasteiger partial charge in [0.15, 0.2) is 0 Å². The third-order valence-electron chi connectivity index (χ3n) is 1.75. The number of aromatic nitrogens is 3. The van der Waals surface area contributed by atoms with Crippen molar-refractivity contribution < 1.29 is 17.6 Å². The molecule has 1 heterocycles. The maximum Gasteiger partial charge on any atom is 0.281 e. The second-order valence-corrected chi connectivity index (χ2v) is 2.83. The highest BCUT2D eigenvalue weighted by Crippen LogP contribution is 2.22. The molecule has 1 aromatic heterocycles. The third-order valence-corrected chi connectivity index (χ3v) is 1.75. The summed E-state index contributed by atoms with van der Waals surface area (Å²) in [6.45, 7) is -0.760. The van der Waals surface area contributed by atoms with Crippen LogP contribution < -0.4 is 5.73 Å². The SMILES string of the molecule is NCCc1nnn(CC(F)F)c1C(F)F. The number of halogens is 4. The lowest BCUT2D eigenvalue weighted by Gasteiger charge is -2.05. The van der Waals surface area contributed by atoms with E-state index in [1.54, 1.807) is 0 Å². The van der Waals surface area contributed by atoms with Crippen molar-refractivity contribution in [3.05, 3.63) is 11.4 Å². The molecule has 8 heteroatoms. The van der Waals surface area contributed by atoms with Crippen molar-refractivity contribution in [2.24, 2.45) is 5.73 Å². The summed E-state index contributed by atoms with van der Waals surface area (Å²) in [5.74, 6) is 0. The van der Waals surface area contributed by atoms with Gasteiger partial charge in [-0.15, -0.1) is 5.10 Å². The predicted molar refractivity (Wildman–Crippen MR) is 43.7 cm³/mol. The van der Waals surface area contributed by atoms with Crippen LogP contribution in [0.25, 0.3) is 0 Å². The van der Waals surface area contributed by atoms with Crippen molar-refractivity contribution in [1.29, 1.82) is 0 Å². The zero-order valence-electron chi connectivity index (χ0n) is 7.71. The minimum atomic E-state index is -2.87. The molecule has 0 fully saturated rings. The Morgan fingerprint density at radius 1 is 1.27 bits per heavy atom. The van der Waals surface area contributed by atoms with E-state index in [-0.39, 0.29) is 18.7 Å². The molecule has 86 valence electrons. The maximum atomic E-state index is 12.5. The quantitative estimate of drug-likeness (QED) is 0.761. The fourth-order valence-corrected chi connectivity index (χ4v) is 1.18. The van der Waals surface area contributed by atoms with E-state index in [0.29, 0.717) is 4.68 Å². The fraction of sp³-hybridized carbons (Fsp3) is 0.714. The first-order valence-electron chi connectivity index (χ1n) is 4.25. The highest BCUT2D eigenvalue weighted by Gasteiger charge is 2.22. The summed E-state index contributed by atoms with van der Waals surface area (Å²) < 4.78 is 49.5. The topological polar surface area (TPSA) is 56.7 Å². The van der Waals surface area contributed by atoms with Gasteiger partial charge in [-0.3, -0.25) is 0 Å². The monoisotopic (exact) mass is 226 g/mol. The molecule has 0 radical (unpaired) electrons. The molecular weight excluding hydrogens is 216 g/mol. The van der Waals surface area contributed by atoms with E-state index >= 15 is 0 Å². The minimum Gasteiger partial charge on any atom is -0.330 e. The minimum absolute atomic E-state index is 0.0202. The molecule has 0 unspecified atom stereocenters. The van der Waals surface area contributed by atoms with Crippen LogP contribution in [0.3, 0.4) is 0 Å². The predicted octanol–water partition coefficient (Wildman–Crippen LogP) is 0.982. The molecule has 1 aromatic rings. The Morgan fingerprint density at radius 2 is 1.93 bits per heavy atom. The van der Waals surface area contributed by atoms with Crippen molar-refractivity contribution in [2.75, 3.05) is 6.54 Å². The number of hydrogen-bond acceptors (Lipinski definition) is 3. The van der Waals surface area contributed by atoms with E-state index in [4.69, 9.17) is 5.73 Å². The van der Waals surface area contributed by atoms with Crippen molar-refractivity contribution in [3.8, 4) is 0 Å². The van der Waals surface area contributed by atoms with E-state index in [1.165, 1.54) is 0 Å². The lowest BCUT2D eigenvalue weighted by Crippen LogP contribution is -2.13. The Balaban J connectivity index is 2.95. The van der Waals surface area contributed by atoms with Crippen LogP contribution in [0.15, 0.2) is 0 Å². The van der Waals surface area contributed by atoms with Crippen LogP contribution in [0.1, 0.15) is 17.8 Å². The van der Waals surface area contributed by atoms with Crippen molar-refractivity contribution in [2.45, 2.75) is 25.8 Å². The zero-order chi connectivity index (χ0) is 11.4. The maximum absolute atomic E-state index is 12.5. The van der Waals surface area contributed by atoms with E-state index in [1.807, 2.05) is 0 Å². The van der Waals surface area contributed by atoms with Crippen LogP contribution in [-0.4, -0.2) is 28.0 Å². The van der Waals surface area contributed by atoms with Gasteiger partial charge in [0, 0.05) is 6.42 Å². The Labute approximate surface area is 83.1 Å². The molecule has 0 amide bonds. The van der Waals surface area contributed by atoms with Gasteiger partial charge in [-0.1, -0.05) is 5.21 Å². The van der Waals surface area contributed by atoms with Crippen molar-refractivity contribution >= 4 is 0 Å². The molecule has 0 saturated heterocycles. The first-order valence-corrected chi connectivity index (χ1v) is 4.25. The molecule has 0 bridgehead atoms. The molecule has 0 aliphatic rings. The summed E-state index contributed by atoms with van der Waals surface area (Å²) in [5, 5.41) is 6.65. The molecule has 0 aromatic carbocycles. The third kappa shape index (κ3) is 2.88. The average molecular weight is 226 g/mol. The summed E-state index contributed by atoms with van der Waals surface area (Å²) in [5.41, 5.74) is 4.58. The van der Waals surface area contributed by atoms with E-state index in [2.05, 4.69) is 10.3 Å². The van der Waals surface area contributed by atoms with Gasteiger partial charge in [0.25, 0.3) is 12.9 Å². The van der Waals surface area contributed by atoms with Crippen LogP contribution in [0, 0.1) is 0 Å². The molecule has 2 N–H and O–H groups in total. The second kappa shape index (κ2) is 5.06. The van der Waals surface area contributed by atoms with Gasteiger partial charge >= 0.3 is 0 Å². The van der Waals surface area contributed by atoms with Crippen LogP contribution >= 0.6 is 0 Å². The first kappa shape index (κ1) is 11.9. The van der Waals surface area contributed by atoms with Crippen LogP contribution in [0.5, 0.6) is 0 Å². The summed E-state index contributed by atoms with van der Waals surface area (Å²) in [7, 11) is 0. The number of alkyl halides is 4. The highest BCUT2D eigenvalue weighted by atomic mass is 19.3. The Bertz CT molecular complexity index is 312. The Morgan fingerprint density at radius 3 is 2.40 bits per heavy atom. The summed E-state index contributed by atoms with van der Waals surface area (Å²) in [6.07, 6.45) is -5.52. The van der Waals surface area contributed by atoms with Gasteiger partial charge in [-0.2, -0.15) is 0 Å². The largest absolute Gasteiger partial charge is 0.330 e. The molecular formula is C7H10F4N4. The van der Waals surface area contributed by atoms with Crippen LogP contribution in [0.2, 0.25) is 0 Å². The number of nitrogens with two attached hydrogens (primary N) is 1. The number of rotatable bonds is 5. The average Bonchev–Trinajstić information content (AvgIpc) is 2.47. The second-order valence-electron chi connectivity index (χ2n) is 2.83. The zero-order valence-corrected chi connectivity index (χ0v) is 7.71. The van der Waals surface area contributed by atoms with E-state index in [9.17, 15) is 17.6 Å². The molecule has 0 atom stereocenters. The molecule has 1 rings (SSSR count). The summed E-state index contributed by atoms with van der Waals surface area (Å²) in [4.78, 5) is 0. The summed E-state index contributed by atoms with van der Waals surface area (Å²) >= 11 is 0. The molecule has 0 spiro atoms. The van der Waals surface area contributed by atoms with Gasteiger partial charge in [-0.05, 0) is 6.54 Å².